The zero-order valence-electron chi connectivity index (χ0n) is 16.0. The fraction of sp³-hybridized carbons (Fsp3) is 0.875. The Bertz CT molecular complexity index is 453. The van der Waals surface area contributed by atoms with Crippen molar-refractivity contribution in [3.05, 3.63) is 0 Å². The van der Waals surface area contributed by atoms with Gasteiger partial charge in [-0.3, -0.25) is 9.59 Å². The molecular formula is C16H34N2O6S2. The fourth-order valence-electron chi connectivity index (χ4n) is 2.00. The van der Waals surface area contributed by atoms with Crippen LogP contribution in [-0.4, -0.2) is 80.7 Å². The summed E-state index contributed by atoms with van der Waals surface area (Å²) in [6, 6.07) is 0. The molecule has 8 nitrogen and oxygen atoms in total. The smallest absolute Gasteiger partial charge is 0.216 e. The van der Waals surface area contributed by atoms with Gasteiger partial charge in [0.25, 0.3) is 0 Å². The molecule has 0 heterocycles. The third kappa shape index (κ3) is 5.65. The van der Waals surface area contributed by atoms with Crippen LogP contribution in [0, 0.1) is 10.8 Å². The molecule has 0 aliphatic rings. The zero-order chi connectivity index (χ0) is 20.8. The van der Waals surface area contributed by atoms with Gasteiger partial charge in [-0.05, 0) is 0 Å². The van der Waals surface area contributed by atoms with Gasteiger partial charge in [0.05, 0.1) is 13.2 Å². The van der Waals surface area contributed by atoms with Crippen LogP contribution in [0.25, 0.3) is 0 Å². The molecule has 0 saturated heterocycles. The van der Waals surface area contributed by atoms with Gasteiger partial charge in [0.2, 0.25) is 10.2 Å². The normalized spacial score (nSPS) is 18.7. The fourth-order valence-corrected chi connectivity index (χ4v) is 8.05. The lowest BCUT2D eigenvalue weighted by atomic mass is 9.88. The van der Waals surface area contributed by atoms with E-state index in [4.69, 9.17) is 11.5 Å². The Hall–Kier alpha value is -0.200. The summed E-state index contributed by atoms with van der Waals surface area (Å²) in [6.07, 6.45) is -3.21. The molecule has 10 heteroatoms. The molecule has 0 spiro atoms. The highest BCUT2D eigenvalue weighted by Gasteiger charge is 2.51. The minimum Gasteiger partial charge on any atom is -0.396 e. The second kappa shape index (κ2) is 10.4. The van der Waals surface area contributed by atoms with Crippen LogP contribution in [0.4, 0.5) is 0 Å². The number of carbonyl (C=O) groups excluding carboxylic acids is 2. The third-order valence-corrected chi connectivity index (χ3v) is 10.8. The van der Waals surface area contributed by atoms with Crippen molar-refractivity contribution in [3.8, 4) is 0 Å². The average Bonchev–Trinajstić information content (AvgIpc) is 2.62. The molecule has 8 N–H and O–H groups in total. The number of nitrogens with two attached hydrogens (primary N) is 2. The second-order valence-corrected chi connectivity index (χ2v) is 13.1. The van der Waals surface area contributed by atoms with E-state index in [1.54, 1.807) is 0 Å². The number of hydrogen-bond donors (Lipinski definition) is 6. The molecule has 0 saturated carbocycles. The Morgan fingerprint density at radius 2 is 1.31 bits per heavy atom. The number of rotatable bonds is 11. The van der Waals surface area contributed by atoms with Crippen molar-refractivity contribution in [2.24, 2.45) is 22.3 Å². The van der Waals surface area contributed by atoms with E-state index in [9.17, 15) is 30.0 Å². The Morgan fingerprint density at radius 1 is 0.923 bits per heavy atom. The lowest BCUT2D eigenvalue weighted by molar-refractivity contribution is -0.128. The number of aliphatic hydroxyl groups is 4. The predicted molar refractivity (Wildman–Crippen MR) is 107 cm³/mol. The Morgan fingerprint density at radius 3 is 1.58 bits per heavy atom. The highest BCUT2D eigenvalue weighted by Crippen LogP contribution is 2.63. The molecule has 0 aromatic rings. The van der Waals surface area contributed by atoms with Gasteiger partial charge in [-0.25, -0.2) is 0 Å². The van der Waals surface area contributed by atoms with E-state index in [1.165, 1.54) is 27.7 Å². The van der Waals surface area contributed by atoms with Crippen LogP contribution >= 0.6 is 19.9 Å². The van der Waals surface area contributed by atoms with Crippen LogP contribution in [0.1, 0.15) is 27.7 Å². The summed E-state index contributed by atoms with van der Waals surface area (Å²) in [5.74, 6) is 0.248. The maximum atomic E-state index is 13.2. The third-order valence-electron chi connectivity index (χ3n) is 4.20. The minimum atomic E-state index is -2.94. The first-order valence-electron chi connectivity index (χ1n) is 8.39. The Labute approximate surface area is 160 Å². The van der Waals surface area contributed by atoms with Gasteiger partial charge in [-0.15, -0.1) is 0 Å². The maximum Gasteiger partial charge on any atom is 0.216 e. The number of carbonyl (C=O) groups is 2. The highest BCUT2D eigenvalue weighted by molar-refractivity contribution is 9.05. The average molecular weight is 415 g/mol. The summed E-state index contributed by atoms with van der Waals surface area (Å²) in [5.41, 5.74) is 8.87. The summed E-state index contributed by atoms with van der Waals surface area (Å²) in [6.45, 7) is 5.31. The quantitative estimate of drug-likeness (QED) is 0.236. The van der Waals surface area contributed by atoms with Crippen molar-refractivity contribution < 1.29 is 30.0 Å². The first-order chi connectivity index (χ1) is 11.9. The molecule has 156 valence electrons. The van der Waals surface area contributed by atoms with Crippen LogP contribution in [-0.2, 0) is 9.59 Å². The topological polar surface area (TPSA) is 167 Å². The van der Waals surface area contributed by atoms with E-state index in [-0.39, 0.29) is 24.6 Å². The summed E-state index contributed by atoms with van der Waals surface area (Å²) in [4.78, 5) is 26.4. The van der Waals surface area contributed by atoms with E-state index in [2.05, 4.69) is 0 Å². The van der Waals surface area contributed by atoms with Crippen LogP contribution in [0.15, 0.2) is 0 Å². The monoisotopic (exact) mass is 414 g/mol. The first-order valence-corrected chi connectivity index (χ1v) is 11.7. The van der Waals surface area contributed by atoms with Crippen molar-refractivity contribution in [1.29, 1.82) is 0 Å². The molecule has 0 aromatic heterocycles. The van der Waals surface area contributed by atoms with Crippen LogP contribution in [0.2, 0.25) is 0 Å². The van der Waals surface area contributed by atoms with Crippen molar-refractivity contribution in [3.63, 3.8) is 0 Å². The number of hydrogen-bond acceptors (Lipinski definition) is 9. The summed E-state index contributed by atoms with van der Waals surface area (Å²) in [5, 5.41) is 38.6. The van der Waals surface area contributed by atoms with E-state index in [0.29, 0.717) is 0 Å². The summed E-state index contributed by atoms with van der Waals surface area (Å²) >= 11 is 0. The van der Waals surface area contributed by atoms with Crippen LogP contribution < -0.4 is 11.5 Å². The maximum absolute atomic E-state index is 13.2. The van der Waals surface area contributed by atoms with Crippen molar-refractivity contribution in [1.82, 2.24) is 0 Å². The van der Waals surface area contributed by atoms with Crippen molar-refractivity contribution >= 4 is 30.1 Å². The Balaban J connectivity index is 6.18. The molecule has 2 unspecified atom stereocenters. The standard InChI is InChI=1S/C16H34N2O6S2/c1-15(2,9-19)11(21)13(23)26(8-6-18,25-7-5-17)14(24)12(22)16(3,4)10-20/h11-12,19-22H,5-10,17-18H2,1-4H3. The van der Waals surface area contributed by atoms with Gasteiger partial charge >= 0.3 is 0 Å². The minimum absolute atomic E-state index is 0.00291. The largest absolute Gasteiger partial charge is 0.396 e. The van der Waals surface area contributed by atoms with Gasteiger partial charge in [0.1, 0.15) is 12.2 Å². The molecule has 0 radical (unpaired) electrons. The molecule has 0 aliphatic heterocycles. The molecule has 0 amide bonds. The van der Waals surface area contributed by atoms with E-state index in [0.717, 1.165) is 10.8 Å². The van der Waals surface area contributed by atoms with Crippen LogP contribution in [0.3, 0.4) is 0 Å². The Kier molecular flexibility index (Phi) is 10.3. The molecule has 0 bridgehead atoms. The molecule has 26 heavy (non-hydrogen) atoms. The summed E-state index contributed by atoms with van der Waals surface area (Å²) < 4.78 is 0. The molecule has 0 aliphatic carbocycles. The summed E-state index contributed by atoms with van der Waals surface area (Å²) in [7, 11) is -1.92. The highest BCUT2D eigenvalue weighted by atomic mass is 33.2. The van der Waals surface area contributed by atoms with Gasteiger partial charge in [0, 0.05) is 35.4 Å². The van der Waals surface area contributed by atoms with Crippen LogP contribution in [0.5, 0.6) is 0 Å². The first kappa shape index (κ1) is 25.8. The lowest BCUT2D eigenvalue weighted by Gasteiger charge is -2.43. The lowest BCUT2D eigenvalue weighted by Crippen LogP contribution is -2.48. The molecular weight excluding hydrogens is 380 g/mol. The van der Waals surface area contributed by atoms with Gasteiger partial charge < -0.3 is 31.9 Å². The molecule has 0 aromatic carbocycles. The van der Waals surface area contributed by atoms with Gasteiger partial charge in [0.15, 0.2) is 0 Å². The molecule has 0 rings (SSSR count). The molecule has 0 fully saturated rings. The van der Waals surface area contributed by atoms with E-state index < -0.39 is 55.5 Å². The molecule has 2 atom stereocenters. The SMILES string of the molecule is CC(C)(CO)C(O)C(=O)S(CCN)(SCCN)C(=O)C(O)C(C)(C)CO. The predicted octanol–water partition coefficient (Wildman–Crippen LogP) is -0.831. The number of aliphatic hydroxyl groups excluding tert-OH is 4. The van der Waals surface area contributed by atoms with E-state index >= 15 is 0 Å². The van der Waals surface area contributed by atoms with Crippen molar-refractivity contribution in [2.45, 2.75) is 39.9 Å². The zero-order valence-corrected chi connectivity index (χ0v) is 17.6. The van der Waals surface area contributed by atoms with Gasteiger partial charge in [-0.1, -0.05) is 47.5 Å². The van der Waals surface area contributed by atoms with Crippen molar-refractivity contribution in [2.75, 3.05) is 37.8 Å². The van der Waals surface area contributed by atoms with E-state index in [1.807, 2.05) is 0 Å². The second-order valence-electron chi connectivity index (χ2n) is 7.52. The van der Waals surface area contributed by atoms with Gasteiger partial charge in [-0.2, -0.15) is 0 Å².